The van der Waals surface area contributed by atoms with E-state index in [4.69, 9.17) is 5.73 Å². The summed E-state index contributed by atoms with van der Waals surface area (Å²) in [5, 5.41) is 3.44. The minimum Gasteiger partial charge on any atom is -0.368 e. The van der Waals surface area contributed by atoms with E-state index in [9.17, 15) is 0 Å². The first-order chi connectivity index (χ1) is 7.72. The molecule has 0 amide bonds. The van der Waals surface area contributed by atoms with Crippen LogP contribution in [0.4, 0.5) is 11.9 Å². The molecule has 0 unspecified atom stereocenters. The molecule has 2 aliphatic carbocycles. The van der Waals surface area contributed by atoms with Gasteiger partial charge in [0, 0.05) is 6.04 Å². The Balaban J connectivity index is 1.75. The summed E-state index contributed by atoms with van der Waals surface area (Å²) in [5.41, 5.74) is 5.62. The van der Waals surface area contributed by atoms with E-state index >= 15 is 0 Å². The van der Waals surface area contributed by atoms with Gasteiger partial charge in [-0.15, -0.1) is 0 Å². The Bertz CT molecular complexity index is 365. The van der Waals surface area contributed by atoms with Gasteiger partial charge in [0.15, 0.2) is 0 Å². The van der Waals surface area contributed by atoms with Gasteiger partial charge in [0.2, 0.25) is 11.9 Å². The van der Waals surface area contributed by atoms with Crippen molar-refractivity contribution in [3.8, 4) is 0 Å². The van der Waals surface area contributed by atoms with Gasteiger partial charge in [0.25, 0.3) is 0 Å². The van der Waals surface area contributed by atoms with Crippen LogP contribution >= 0.6 is 0 Å². The number of nitrogen functional groups attached to an aromatic ring is 1. The number of nitrogens with two attached hydrogens (primary N) is 1. The van der Waals surface area contributed by atoms with E-state index in [1.807, 2.05) is 6.92 Å². The summed E-state index contributed by atoms with van der Waals surface area (Å²) in [6.45, 7) is 1.84. The first-order valence-electron chi connectivity index (χ1n) is 5.97. The van der Waals surface area contributed by atoms with E-state index in [1.54, 1.807) is 0 Å². The monoisotopic (exact) mass is 219 g/mol. The lowest BCUT2D eigenvalue weighted by molar-refractivity contribution is 0.562. The molecular weight excluding hydrogens is 202 g/mol. The van der Waals surface area contributed by atoms with Gasteiger partial charge in [-0.1, -0.05) is 0 Å². The summed E-state index contributed by atoms with van der Waals surface area (Å²) >= 11 is 0. The summed E-state index contributed by atoms with van der Waals surface area (Å²) in [6, 6.07) is 0.557. The number of anilines is 2. The number of nitrogens with zero attached hydrogens (tertiary/aromatic N) is 3. The largest absolute Gasteiger partial charge is 0.368 e. The lowest BCUT2D eigenvalue weighted by Gasteiger charge is -2.17. The highest BCUT2D eigenvalue weighted by Gasteiger charge is 2.41. The van der Waals surface area contributed by atoms with Crippen LogP contribution in [0.3, 0.4) is 0 Å². The second kappa shape index (κ2) is 3.57. The zero-order valence-electron chi connectivity index (χ0n) is 9.48. The molecule has 86 valence electrons. The molecule has 2 aliphatic rings. The first kappa shape index (κ1) is 9.81. The van der Waals surface area contributed by atoms with Gasteiger partial charge in [-0.25, -0.2) is 0 Å². The van der Waals surface area contributed by atoms with E-state index in [0.29, 0.717) is 23.8 Å². The summed E-state index contributed by atoms with van der Waals surface area (Å²) in [7, 11) is 0. The van der Waals surface area contributed by atoms with E-state index in [2.05, 4.69) is 20.3 Å². The average Bonchev–Trinajstić information content (AvgIpc) is 3.07. The summed E-state index contributed by atoms with van der Waals surface area (Å²) < 4.78 is 0. The van der Waals surface area contributed by atoms with Crippen molar-refractivity contribution in [1.29, 1.82) is 0 Å². The van der Waals surface area contributed by atoms with Crippen LogP contribution in [0.1, 0.15) is 31.5 Å². The Morgan fingerprint density at radius 2 is 1.75 bits per heavy atom. The number of nitrogens with one attached hydrogen (secondary N) is 1. The topological polar surface area (TPSA) is 76.7 Å². The van der Waals surface area contributed by atoms with Gasteiger partial charge < -0.3 is 11.1 Å². The lowest BCUT2D eigenvalue weighted by atomic mass is 10.1. The second-order valence-electron chi connectivity index (χ2n) is 4.91. The molecule has 2 saturated carbocycles. The number of aryl methyl sites for hydroxylation is 1. The molecule has 16 heavy (non-hydrogen) atoms. The third-order valence-corrected chi connectivity index (χ3v) is 3.32. The molecule has 0 spiro atoms. The number of hydrogen-bond acceptors (Lipinski definition) is 5. The third-order valence-electron chi connectivity index (χ3n) is 3.32. The van der Waals surface area contributed by atoms with Crippen LogP contribution in [0, 0.1) is 18.8 Å². The average molecular weight is 219 g/mol. The van der Waals surface area contributed by atoms with Crippen LogP contribution in [0.5, 0.6) is 0 Å². The van der Waals surface area contributed by atoms with Crippen LogP contribution < -0.4 is 11.1 Å². The highest BCUT2D eigenvalue weighted by Crippen LogP contribution is 2.45. The van der Waals surface area contributed by atoms with Crippen LogP contribution in [0.2, 0.25) is 0 Å². The van der Waals surface area contributed by atoms with Crippen molar-refractivity contribution >= 4 is 11.9 Å². The molecule has 5 nitrogen and oxygen atoms in total. The lowest BCUT2D eigenvalue weighted by Crippen LogP contribution is -2.26. The zero-order valence-corrected chi connectivity index (χ0v) is 9.48. The summed E-state index contributed by atoms with van der Waals surface area (Å²) in [6.07, 6.45) is 5.36. The van der Waals surface area contributed by atoms with Gasteiger partial charge in [0.1, 0.15) is 5.82 Å². The van der Waals surface area contributed by atoms with Gasteiger partial charge >= 0.3 is 0 Å². The van der Waals surface area contributed by atoms with Gasteiger partial charge in [-0.3, -0.25) is 0 Å². The van der Waals surface area contributed by atoms with Crippen LogP contribution in [0.15, 0.2) is 0 Å². The van der Waals surface area contributed by atoms with Crippen molar-refractivity contribution in [1.82, 2.24) is 15.0 Å². The Morgan fingerprint density at radius 1 is 1.12 bits per heavy atom. The van der Waals surface area contributed by atoms with Crippen molar-refractivity contribution < 1.29 is 0 Å². The fourth-order valence-electron chi connectivity index (χ4n) is 2.25. The van der Waals surface area contributed by atoms with E-state index in [0.717, 1.165) is 11.8 Å². The van der Waals surface area contributed by atoms with Crippen molar-refractivity contribution in [2.45, 2.75) is 38.6 Å². The van der Waals surface area contributed by atoms with E-state index in [1.165, 1.54) is 25.7 Å². The van der Waals surface area contributed by atoms with Gasteiger partial charge in [0.05, 0.1) is 0 Å². The number of rotatable bonds is 4. The van der Waals surface area contributed by atoms with E-state index in [-0.39, 0.29) is 0 Å². The Kier molecular flexibility index (Phi) is 2.19. The van der Waals surface area contributed by atoms with Crippen LogP contribution in [-0.4, -0.2) is 21.0 Å². The van der Waals surface area contributed by atoms with Crippen LogP contribution in [-0.2, 0) is 0 Å². The molecular formula is C11H17N5. The molecule has 0 bridgehead atoms. The fourth-order valence-corrected chi connectivity index (χ4v) is 2.25. The normalized spacial score (nSPS) is 20.1. The highest BCUT2D eigenvalue weighted by molar-refractivity contribution is 5.33. The maximum absolute atomic E-state index is 5.62. The molecule has 1 heterocycles. The molecule has 1 aromatic rings. The molecule has 5 heteroatoms. The van der Waals surface area contributed by atoms with Crippen molar-refractivity contribution in [3.63, 3.8) is 0 Å². The number of hydrogen-bond donors (Lipinski definition) is 2. The number of aromatic nitrogens is 3. The molecule has 0 saturated heterocycles. The van der Waals surface area contributed by atoms with Crippen LogP contribution in [0.25, 0.3) is 0 Å². The first-order valence-corrected chi connectivity index (χ1v) is 5.97. The Hall–Kier alpha value is -1.39. The molecule has 0 aromatic carbocycles. The smallest absolute Gasteiger partial charge is 0.227 e. The minimum atomic E-state index is 0.306. The molecule has 0 atom stereocenters. The highest BCUT2D eigenvalue weighted by atomic mass is 15.2. The Labute approximate surface area is 94.9 Å². The predicted molar refractivity (Wildman–Crippen MR) is 61.8 cm³/mol. The maximum Gasteiger partial charge on any atom is 0.227 e. The third kappa shape index (κ3) is 2.08. The molecule has 0 radical (unpaired) electrons. The molecule has 3 N–H and O–H groups in total. The molecule has 2 fully saturated rings. The maximum atomic E-state index is 5.62. The Morgan fingerprint density at radius 3 is 2.25 bits per heavy atom. The zero-order chi connectivity index (χ0) is 11.1. The quantitative estimate of drug-likeness (QED) is 0.799. The molecule has 1 aromatic heterocycles. The minimum absolute atomic E-state index is 0.306. The van der Waals surface area contributed by atoms with Gasteiger partial charge in [-0.2, -0.15) is 15.0 Å². The van der Waals surface area contributed by atoms with Crippen molar-refractivity contribution in [3.05, 3.63) is 5.82 Å². The fraction of sp³-hybridized carbons (Fsp3) is 0.727. The second-order valence-corrected chi connectivity index (χ2v) is 4.91. The SMILES string of the molecule is Cc1nc(N)nc(NC(C2CC2)C2CC2)n1. The van der Waals surface area contributed by atoms with Crippen molar-refractivity contribution in [2.75, 3.05) is 11.1 Å². The van der Waals surface area contributed by atoms with Gasteiger partial charge in [-0.05, 0) is 44.4 Å². The summed E-state index contributed by atoms with van der Waals surface area (Å²) in [4.78, 5) is 12.4. The molecule has 3 rings (SSSR count). The summed E-state index contributed by atoms with van der Waals surface area (Å²) in [5.74, 6) is 3.28. The van der Waals surface area contributed by atoms with E-state index < -0.39 is 0 Å². The molecule has 0 aliphatic heterocycles. The predicted octanol–water partition coefficient (Wildman–Crippen LogP) is 1.36. The standard InChI is InChI=1S/C11H17N5/c1-6-13-10(12)16-11(14-6)15-9(7-2-3-7)8-4-5-8/h7-9H,2-5H2,1H3,(H3,12,13,14,15,16). The van der Waals surface area contributed by atoms with Crippen molar-refractivity contribution in [2.24, 2.45) is 11.8 Å².